The average molecular weight is 384 g/mol. The van der Waals surface area contributed by atoms with E-state index in [1.54, 1.807) is 0 Å². The smallest absolute Gasteiger partial charge is 0.227 e. The molecule has 1 aromatic heterocycles. The Hall–Kier alpha value is -0.590. The van der Waals surface area contributed by atoms with Gasteiger partial charge in [-0.25, -0.2) is 0 Å². The first kappa shape index (κ1) is 22.4. The fraction of sp³-hybridized carbons (Fsp3) is 0.600. The number of nitrogens with one attached hydrogen (secondary N) is 1. The van der Waals surface area contributed by atoms with Crippen molar-refractivity contribution >= 4 is 43.1 Å². The highest BCUT2D eigenvalue weighted by Gasteiger charge is 2.29. The third-order valence-corrected chi connectivity index (χ3v) is 4.21. The third kappa shape index (κ3) is 6.08. The lowest BCUT2D eigenvalue weighted by atomic mass is 10.1. The minimum absolute atomic E-state index is 0. The number of rotatable bonds is 3. The molecule has 1 unspecified atom stereocenters. The van der Waals surface area contributed by atoms with Crippen molar-refractivity contribution < 1.29 is 4.79 Å². The maximum atomic E-state index is 12.3. The van der Waals surface area contributed by atoms with E-state index in [1.165, 1.54) is 0 Å². The van der Waals surface area contributed by atoms with Gasteiger partial charge in [-0.2, -0.15) is 0 Å². The molecule has 5 nitrogen and oxygen atoms in total. The number of hydrogen-bond donors (Lipinski definition) is 1. The minimum atomic E-state index is 0. The van der Waals surface area contributed by atoms with E-state index in [-0.39, 0.29) is 43.1 Å². The molecule has 0 spiro atoms. The first-order valence-electron chi connectivity index (χ1n) is 7.45. The van der Waals surface area contributed by atoms with Crippen LogP contribution < -0.4 is 5.32 Å². The summed E-state index contributed by atoms with van der Waals surface area (Å²) in [5.74, 6) is 0.546. The highest BCUT2D eigenvalue weighted by atomic mass is 35.5. The predicted molar refractivity (Wildman–Crippen MR) is 98.8 cm³/mol. The minimum Gasteiger partial charge on any atom is -0.340 e. The molecule has 0 aliphatic carbocycles. The lowest BCUT2D eigenvalue weighted by Gasteiger charge is -2.35. The fourth-order valence-electron chi connectivity index (χ4n) is 2.97. The molecule has 0 bridgehead atoms. The van der Waals surface area contributed by atoms with E-state index in [9.17, 15) is 4.79 Å². The van der Waals surface area contributed by atoms with Gasteiger partial charge in [0.1, 0.15) is 0 Å². The molecule has 3 heterocycles. The SMILES string of the molecule is Cl.Cl.Cl.O=C(C1CCNC1)N1CCN(Cc2ccccn2)CC1. The summed E-state index contributed by atoms with van der Waals surface area (Å²) in [4.78, 5) is 21.1. The second kappa shape index (κ2) is 11.0. The van der Waals surface area contributed by atoms with Crippen molar-refractivity contribution in [3.05, 3.63) is 30.1 Å². The molecular weight excluding hydrogens is 359 g/mol. The monoisotopic (exact) mass is 382 g/mol. The van der Waals surface area contributed by atoms with Gasteiger partial charge in [-0.3, -0.25) is 14.7 Å². The number of pyridine rings is 1. The normalized spacial score (nSPS) is 20.9. The molecule has 1 atom stereocenters. The van der Waals surface area contributed by atoms with Crippen molar-refractivity contribution in [3.63, 3.8) is 0 Å². The van der Waals surface area contributed by atoms with Crippen LogP contribution in [0.15, 0.2) is 24.4 Å². The van der Waals surface area contributed by atoms with Crippen molar-refractivity contribution in [2.24, 2.45) is 5.92 Å². The van der Waals surface area contributed by atoms with E-state index in [0.29, 0.717) is 5.91 Å². The van der Waals surface area contributed by atoms with Gasteiger partial charge in [0.2, 0.25) is 5.91 Å². The zero-order valence-corrected chi connectivity index (χ0v) is 15.5. The maximum absolute atomic E-state index is 12.3. The predicted octanol–water partition coefficient (Wildman–Crippen LogP) is 1.60. The first-order valence-corrected chi connectivity index (χ1v) is 7.45. The van der Waals surface area contributed by atoms with E-state index >= 15 is 0 Å². The van der Waals surface area contributed by atoms with Gasteiger partial charge in [-0.15, -0.1) is 37.2 Å². The van der Waals surface area contributed by atoms with Crippen LogP contribution in [-0.2, 0) is 11.3 Å². The summed E-state index contributed by atoms with van der Waals surface area (Å²) in [7, 11) is 0. The van der Waals surface area contributed by atoms with E-state index in [2.05, 4.69) is 21.3 Å². The summed E-state index contributed by atoms with van der Waals surface area (Å²) in [5, 5.41) is 3.27. The van der Waals surface area contributed by atoms with Crippen LogP contribution in [0.2, 0.25) is 0 Å². The molecule has 0 radical (unpaired) electrons. The molecule has 0 aromatic carbocycles. The summed E-state index contributed by atoms with van der Waals surface area (Å²) in [5.41, 5.74) is 1.10. The van der Waals surface area contributed by atoms with Crippen LogP contribution >= 0.6 is 37.2 Å². The van der Waals surface area contributed by atoms with E-state index in [4.69, 9.17) is 0 Å². The van der Waals surface area contributed by atoms with Crippen LogP contribution in [0.3, 0.4) is 0 Å². The summed E-state index contributed by atoms with van der Waals surface area (Å²) in [6, 6.07) is 6.02. The largest absolute Gasteiger partial charge is 0.340 e. The van der Waals surface area contributed by atoms with Crippen LogP contribution in [0.4, 0.5) is 0 Å². The zero-order chi connectivity index (χ0) is 13.8. The number of amides is 1. The molecule has 8 heteroatoms. The van der Waals surface area contributed by atoms with E-state index in [1.807, 2.05) is 23.2 Å². The standard InChI is InChI=1S/C15H22N4O.3ClH/c20-15(13-4-6-16-11-13)19-9-7-18(8-10-19)12-14-3-1-2-5-17-14;;;/h1-3,5,13,16H,4,6-12H2;3*1H. The fourth-order valence-corrected chi connectivity index (χ4v) is 2.97. The lowest BCUT2D eigenvalue weighted by molar-refractivity contribution is -0.136. The van der Waals surface area contributed by atoms with Gasteiger partial charge in [-0.1, -0.05) is 6.07 Å². The molecule has 2 fully saturated rings. The number of piperazine rings is 1. The number of halogens is 3. The van der Waals surface area contributed by atoms with E-state index in [0.717, 1.165) is 57.9 Å². The Morgan fingerprint density at radius 2 is 1.91 bits per heavy atom. The van der Waals surface area contributed by atoms with Crippen LogP contribution in [0.5, 0.6) is 0 Å². The molecule has 1 N–H and O–H groups in total. The van der Waals surface area contributed by atoms with Gasteiger partial charge in [-0.05, 0) is 25.1 Å². The van der Waals surface area contributed by atoms with Gasteiger partial charge < -0.3 is 10.2 Å². The summed E-state index contributed by atoms with van der Waals surface area (Å²) < 4.78 is 0. The lowest BCUT2D eigenvalue weighted by Crippen LogP contribution is -2.50. The van der Waals surface area contributed by atoms with Crippen LogP contribution in [0.25, 0.3) is 0 Å². The summed E-state index contributed by atoms with van der Waals surface area (Å²) >= 11 is 0. The molecule has 2 aliphatic heterocycles. The summed E-state index contributed by atoms with van der Waals surface area (Å²) in [6.45, 7) is 6.31. The molecule has 3 rings (SSSR count). The molecule has 23 heavy (non-hydrogen) atoms. The summed E-state index contributed by atoms with van der Waals surface area (Å²) in [6.07, 6.45) is 2.83. The van der Waals surface area contributed by atoms with Crippen molar-refractivity contribution in [3.8, 4) is 0 Å². The van der Waals surface area contributed by atoms with Crippen LogP contribution in [0, 0.1) is 5.92 Å². The second-order valence-corrected chi connectivity index (χ2v) is 5.61. The number of hydrogen-bond acceptors (Lipinski definition) is 4. The molecular formula is C15H25Cl3N4O. The van der Waals surface area contributed by atoms with Gasteiger partial charge in [0.05, 0.1) is 11.6 Å². The number of carbonyl (C=O) groups excluding carboxylic acids is 1. The number of carbonyl (C=O) groups is 1. The number of nitrogens with zero attached hydrogens (tertiary/aromatic N) is 3. The number of aromatic nitrogens is 1. The van der Waals surface area contributed by atoms with Gasteiger partial charge >= 0.3 is 0 Å². The highest BCUT2D eigenvalue weighted by molar-refractivity contribution is 5.86. The van der Waals surface area contributed by atoms with Crippen LogP contribution in [0.1, 0.15) is 12.1 Å². The van der Waals surface area contributed by atoms with Crippen molar-refractivity contribution in [2.45, 2.75) is 13.0 Å². The Morgan fingerprint density at radius 1 is 1.17 bits per heavy atom. The molecule has 2 aliphatic rings. The molecule has 2 saturated heterocycles. The van der Waals surface area contributed by atoms with Gasteiger partial charge in [0, 0.05) is 45.5 Å². The molecule has 132 valence electrons. The quantitative estimate of drug-likeness (QED) is 0.861. The Balaban J connectivity index is 0.00000161. The Morgan fingerprint density at radius 3 is 2.48 bits per heavy atom. The average Bonchev–Trinajstić information content (AvgIpc) is 3.03. The van der Waals surface area contributed by atoms with Crippen molar-refractivity contribution in [2.75, 3.05) is 39.3 Å². The van der Waals surface area contributed by atoms with Gasteiger partial charge in [0.25, 0.3) is 0 Å². The maximum Gasteiger partial charge on any atom is 0.227 e. The van der Waals surface area contributed by atoms with Crippen molar-refractivity contribution in [1.29, 1.82) is 0 Å². The van der Waals surface area contributed by atoms with Gasteiger partial charge in [0.15, 0.2) is 0 Å². The second-order valence-electron chi connectivity index (χ2n) is 5.61. The Labute approximate surface area is 156 Å². The zero-order valence-electron chi connectivity index (χ0n) is 13.0. The molecule has 0 saturated carbocycles. The first-order chi connectivity index (χ1) is 9.83. The van der Waals surface area contributed by atoms with E-state index < -0.39 is 0 Å². The topological polar surface area (TPSA) is 48.5 Å². The Bertz CT molecular complexity index is 449. The van der Waals surface area contributed by atoms with Crippen LogP contribution in [-0.4, -0.2) is 60.0 Å². The molecule has 1 aromatic rings. The highest BCUT2D eigenvalue weighted by Crippen LogP contribution is 2.14. The van der Waals surface area contributed by atoms with Crippen molar-refractivity contribution in [1.82, 2.24) is 20.1 Å². The third-order valence-electron chi connectivity index (χ3n) is 4.21. The Kier molecular flexibility index (Phi) is 10.8. The molecule has 1 amide bonds.